The molecule has 3 rings (SSSR count). The van der Waals surface area contributed by atoms with Crippen molar-refractivity contribution < 1.29 is 13.2 Å². The highest BCUT2D eigenvalue weighted by Crippen LogP contribution is 2.40. The Bertz CT molecular complexity index is 841. The maximum atomic E-state index is 12.5. The Balaban J connectivity index is 2.02. The molecule has 0 spiro atoms. The highest BCUT2D eigenvalue weighted by atomic mass is 32.2. The van der Waals surface area contributed by atoms with Gasteiger partial charge in [0.1, 0.15) is 10.9 Å². The largest absolute Gasteiger partial charge is 0.473 e. The van der Waals surface area contributed by atoms with Crippen LogP contribution in [0.5, 0.6) is 0 Å². The smallest absolute Gasteiger partial charge is 0.267 e. The van der Waals surface area contributed by atoms with E-state index in [-0.39, 0.29) is 5.90 Å². The second kappa shape index (κ2) is 5.45. The van der Waals surface area contributed by atoms with Crippen LogP contribution >= 0.6 is 0 Å². The van der Waals surface area contributed by atoms with Gasteiger partial charge in [-0.25, -0.2) is 8.42 Å². The van der Waals surface area contributed by atoms with Crippen LogP contribution in [0, 0.1) is 0 Å². The maximum absolute atomic E-state index is 12.5. The van der Waals surface area contributed by atoms with E-state index >= 15 is 0 Å². The highest BCUT2D eigenvalue weighted by Gasteiger charge is 2.46. The molecule has 0 N–H and O–H groups in total. The molecular formula is C17H18N2O3S. The summed E-state index contributed by atoms with van der Waals surface area (Å²) in [5, 5.41) is -0.879. The van der Waals surface area contributed by atoms with E-state index in [0.717, 1.165) is 11.3 Å². The van der Waals surface area contributed by atoms with E-state index in [1.54, 1.807) is 33.0 Å². The molecule has 0 fully saturated rings. The number of nitrogens with zero attached hydrogens (tertiary/aromatic N) is 2. The van der Waals surface area contributed by atoms with E-state index in [9.17, 15) is 8.42 Å². The van der Waals surface area contributed by atoms with Crippen LogP contribution in [0.1, 0.15) is 31.6 Å². The molecule has 1 aliphatic rings. The number of ether oxygens (including phenoxy) is 1. The molecule has 0 radical (unpaired) electrons. The van der Waals surface area contributed by atoms with E-state index in [1.165, 1.54) is 0 Å². The van der Waals surface area contributed by atoms with Crippen molar-refractivity contribution in [2.75, 3.05) is 0 Å². The van der Waals surface area contributed by atoms with Crippen molar-refractivity contribution in [3.8, 4) is 11.3 Å². The van der Waals surface area contributed by atoms with Gasteiger partial charge in [0, 0.05) is 18.7 Å². The third-order valence-electron chi connectivity index (χ3n) is 3.75. The van der Waals surface area contributed by atoms with Gasteiger partial charge in [-0.05, 0) is 25.5 Å². The van der Waals surface area contributed by atoms with Crippen LogP contribution < -0.4 is 0 Å². The zero-order valence-electron chi connectivity index (χ0n) is 13.2. The fourth-order valence-corrected chi connectivity index (χ4v) is 4.71. The zero-order chi connectivity index (χ0) is 16.7. The fraction of sp³-hybridized carbons (Fsp3) is 0.294. The standard InChI is InChI=1S/C17H18N2O3S/c1-12-19-23(20,21)16(17(2,3)22-12)14-9-10-15(18-11-14)13-7-5-4-6-8-13/h4-11,16H,1-3H3. The van der Waals surface area contributed by atoms with Crippen LogP contribution in [0.2, 0.25) is 0 Å². The van der Waals surface area contributed by atoms with E-state index in [1.807, 2.05) is 36.4 Å². The third kappa shape index (κ3) is 2.99. The molecule has 0 saturated carbocycles. The summed E-state index contributed by atoms with van der Waals surface area (Å²) in [6.45, 7) is 5.04. The maximum Gasteiger partial charge on any atom is 0.267 e. The minimum absolute atomic E-state index is 0.167. The second-order valence-corrected chi connectivity index (χ2v) is 7.74. The molecule has 5 nitrogen and oxygen atoms in total. The van der Waals surface area contributed by atoms with Crippen molar-refractivity contribution in [3.63, 3.8) is 0 Å². The van der Waals surface area contributed by atoms with Gasteiger partial charge in [0.05, 0.1) is 5.69 Å². The van der Waals surface area contributed by atoms with Gasteiger partial charge in [0.2, 0.25) is 0 Å². The lowest BCUT2D eigenvalue weighted by Crippen LogP contribution is -2.42. The summed E-state index contributed by atoms with van der Waals surface area (Å²) in [6.07, 6.45) is 1.59. The predicted molar refractivity (Wildman–Crippen MR) is 89.6 cm³/mol. The Morgan fingerprint density at radius 1 is 1.09 bits per heavy atom. The Morgan fingerprint density at radius 3 is 2.35 bits per heavy atom. The van der Waals surface area contributed by atoms with Crippen molar-refractivity contribution in [3.05, 3.63) is 54.2 Å². The van der Waals surface area contributed by atoms with Crippen LogP contribution in [-0.4, -0.2) is 24.9 Å². The summed E-state index contributed by atoms with van der Waals surface area (Å²) in [7, 11) is -3.69. The third-order valence-corrected chi connectivity index (χ3v) is 5.70. The van der Waals surface area contributed by atoms with Crippen molar-refractivity contribution in [2.45, 2.75) is 31.6 Å². The Kier molecular flexibility index (Phi) is 3.72. The van der Waals surface area contributed by atoms with Gasteiger partial charge < -0.3 is 4.74 Å². The fourth-order valence-electron chi connectivity index (χ4n) is 2.96. The van der Waals surface area contributed by atoms with Gasteiger partial charge in [-0.15, -0.1) is 4.40 Å². The minimum atomic E-state index is -3.69. The number of hydrogen-bond acceptors (Lipinski definition) is 4. The molecule has 0 bridgehead atoms. The van der Waals surface area contributed by atoms with Gasteiger partial charge in [0.25, 0.3) is 10.0 Å². The normalized spacial score (nSPS) is 22.0. The van der Waals surface area contributed by atoms with Gasteiger partial charge in [-0.1, -0.05) is 36.4 Å². The number of sulfonamides is 1. The molecule has 120 valence electrons. The average Bonchev–Trinajstić information content (AvgIpc) is 2.46. The second-order valence-electron chi connectivity index (χ2n) is 6.05. The summed E-state index contributed by atoms with van der Waals surface area (Å²) in [4.78, 5) is 4.41. The zero-order valence-corrected chi connectivity index (χ0v) is 14.0. The number of hydrogen-bond donors (Lipinski definition) is 0. The monoisotopic (exact) mass is 330 g/mol. The first-order chi connectivity index (χ1) is 10.8. The first kappa shape index (κ1) is 15.7. The molecule has 2 aromatic rings. The van der Waals surface area contributed by atoms with Crippen molar-refractivity contribution >= 4 is 15.9 Å². The molecule has 23 heavy (non-hydrogen) atoms. The minimum Gasteiger partial charge on any atom is -0.473 e. The van der Waals surface area contributed by atoms with Gasteiger partial charge >= 0.3 is 0 Å². The Labute approximate surface area is 136 Å². The van der Waals surface area contributed by atoms with Crippen molar-refractivity contribution in [2.24, 2.45) is 4.40 Å². The lowest BCUT2D eigenvalue weighted by molar-refractivity contribution is 0.0838. The molecule has 1 aromatic heterocycles. The number of aromatic nitrogens is 1. The molecule has 6 heteroatoms. The van der Waals surface area contributed by atoms with Crippen LogP contribution in [0.3, 0.4) is 0 Å². The SMILES string of the molecule is CC1=NS(=O)(=O)C(c2ccc(-c3ccccc3)nc2)C(C)(C)O1. The lowest BCUT2D eigenvalue weighted by atomic mass is 9.98. The first-order valence-corrected chi connectivity index (χ1v) is 8.81. The number of benzene rings is 1. The van der Waals surface area contributed by atoms with E-state index in [0.29, 0.717) is 5.56 Å². The van der Waals surface area contributed by atoms with Crippen LogP contribution in [0.15, 0.2) is 53.1 Å². The predicted octanol–water partition coefficient (Wildman–Crippen LogP) is 3.35. The topological polar surface area (TPSA) is 68.6 Å². The molecule has 0 aliphatic carbocycles. The summed E-state index contributed by atoms with van der Waals surface area (Å²) in [5.74, 6) is 0.167. The van der Waals surface area contributed by atoms with Gasteiger partial charge in [0.15, 0.2) is 5.90 Å². The van der Waals surface area contributed by atoms with Crippen LogP contribution in [0.4, 0.5) is 0 Å². The highest BCUT2D eigenvalue weighted by molar-refractivity contribution is 7.90. The summed E-state index contributed by atoms with van der Waals surface area (Å²) >= 11 is 0. The van der Waals surface area contributed by atoms with E-state index < -0.39 is 20.9 Å². The molecule has 0 amide bonds. The lowest BCUT2D eigenvalue weighted by Gasteiger charge is -2.36. The van der Waals surface area contributed by atoms with Crippen molar-refractivity contribution in [1.29, 1.82) is 0 Å². The van der Waals surface area contributed by atoms with Crippen LogP contribution in [-0.2, 0) is 14.8 Å². The van der Waals surface area contributed by atoms with E-state index in [4.69, 9.17) is 4.74 Å². The number of rotatable bonds is 2. The molecule has 2 heterocycles. The van der Waals surface area contributed by atoms with Gasteiger partial charge in [-0.3, -0.25) is 4.98 Å². The molecule has 0 saturated heterocycles. The molecule has 1 unspecified atom stereocenters. The summed E-state index contributed by atoms with van der Waals surface area (Å²) in [5.41, 5.74) is 1.45. The summed E-state index contributed by atoms with van der Waals surface area (Å²) < 4.78 is 34.3. The van der Waals surface area contributed by atoms with E-state index in [2.05, 4.69) is 9.38 Å². The van der Waals surface area contributed by atoms with Crippen LogP contribution in [0.25, 0.3) is 11.3 Å². The molecule has 1 atom stereocenters. The quantitative estimate of drug-likeness (QED) is 0.847. The molecule has 1 aromatic carbocycles. The average molecular weight is 330 g/mol. The number of pyridine rings is 1. The molecular weight excluding hydrogens is 312 g/mol. The Hall–Kier alpha value is -2.21. The molecule has 1 aliphatic heterocycles. The van der Waals surface area contributed by atoms with Crippen molar-refractivity contribution in [1.82, 2.24) is 4.98 Å². The first-order valence-electron chi connectivity index (χ1n) is 7.30. The Morgan fingerprint density at radius 2 is 1.78 bits per heavy atom. The summed E-state index contributed by atoms with van der Waals surface area (Å²) in [6, 6.07) is 13.3. The van der Waals surface area contributed by atoms with Gasteiger partial charge in [-0.2, -0.15) is 0 Å².